The first-order chi connectivity index (χ1) is 15.9. The Morgan fingerprint density at radius 3 is 2.48 bits per heavy atom. The van der Waals surface area contributed by atoms with Crippen molar-refractivity contribution in [3.05, 3.63) is 59.6 Å². The molecule has 0 atom stereocenters. The number of benzene rings is 1. The summed E-state index contributed by atoms with van der Waals surface area (Å²) in [5.41, 5.74) is 1.88. The number of aromatic nitrogens is 6. The molecule has 0 saturated carbocycles. The first-order valence-corrected chi connectivity index (χ1v) is 11.8. The fourth-order valence-electron chi connectivity index (χ4n) is 3.50. The van der Waals surface area contributed by atoms with Gasteiger partial charge in [0, 0.05) is 49.2 Å². The van der Waals surface area contributed by atoms with Gasteiger partial charge < -0.3 is 9.88 Å². The lowest BCUT2D eigenvalue weighted by atomic mass is 10.2. The Bertz CT molecular complexity index is 1420. The van der Waals surface area contributed by atoms with Crippen LogP contribution in [-0.2, 0) is 10.0 Å². The van der Waals surface area contributed by atoms with Crippen LogP contribution in [0.2, 0.25) is 5.02 Å². The zero-order chi connectivity index (χ0) is 23.0. The number of imidazole rings is 1. The van der Waals surface area contributed by atoms with E-state index in [1.54, 1.807) is 42.7 Å². The Kier molecular flexibility index (Phi) is 5.48. The minimum atomic E-state index is -3.85. The molecule has 4 heterocycles. The number of sulfonamides is 1. The molecule has 5 rings (SSSR count). The van der Waals surface area contributed by atoms with Gasteiger partial charge in [-0.25, -0.2) is 18.4 Å². The number of hydrogen-bond donors (Lipinski definition) is 1. The van der Waals surface area contributed by atoms with Gasteiger partial charge in [0.1, 0.15) is 0 Å². The summed E-state index contributed by atoms with van der Waals surface area (Å²) < 4.78 is 27.3. The molecule has 0 bridgehead atoms. The topological polar surface area (TPSA) is 138 Å². The van der Waals surface area contributed by atoms with Gasteiger partial charge >= 0.3 is 0 Å². The van der Waals surface area contributed by atoms with Crippen LogP contribution in [0.15, 0.2) is 54.1 Å². The van der Waals surface area contributed by atoms with Crippen molar-refractivity contribution in [2.24, 2.45) is 0 Å². The van der Waals surface area contributed by atoms with E-state index in [9.17, 15) is 13.2 Å². The van der Waals surface area contributed by atoms with Gasteiger partial charge in [-0.3, -0.25) is 9.78 Å². The number of fused-ring (bicyclic) bond motifs is 1. The van der Waals surface area contributed by atoms with E-state index in [4.69, 9.17) is 11.6 Å². The second-order valence-corrected chi connectivity index (χ2v) is 9.59. The van der Waals surface area contributed by atoms with E-state index in [0.29, 0.717) is 21.9 Å². The van der Waals surface area contributed by atoms with Gasteiger partial charge in [0.05, 0.1) is 17.2 Å². The number of rotatable bonds is 4. The predicted molar refractivity (Wildman–Crippen MR) is 119 cm³/mol. The molecule has 0 unspecified atom stereocenters. The highest BCUT2D eigenvalue weighted by Gasteiger charge is 2.33. The Balaban J connectivity index is 1.26. The Morgan fingerprint density at radius 2 is 1.79 bits per heavy atom. The number of H-pyrrole nitrogens is 1. The van der Waals surface area contributed by atoms with Crippen molar-refractivity contribution in [1.29, 1.82) is 0 Å². The van der Waals surface area contributed by atoms with Crippen LogP contribution in [0.1, 0.15) is 10.5 Å². The lowest BCUT2D eigenvalue weighted by Crippen LogP contribution is -2.50. The smallest absolute Gasteiger partial charge is 0.276 e. The van der Waals surface area contributed by atoms with Crippen molar-refractivity contribution in [3.8, 4) is 11.4 Å². The second kappa shape index (κ2) is 8.46. The van der Waals surface area contributed by atoms with Crippen molar-refractivity contribution >= 4 is 38.6 Å². The van der Waals surface area contributed by atoms with Crippen LogP contribution in [-0.4, -0.2) is 79.8 Å². The van der Waals surface area contributed by atoms with E-state index < -0.39 is 10.0 Å². The monoisotopic (exact) mass is 484 g/mol. The largest absolute Gasteiger partial charge is 0.335 e. The minimum absolute atomic E-state index is 0.0956. The van der Waals surface area contributed by atoms with Crippen LogP contribution in [0.25, 0.3) is 22.4 Å². The SMILES string of the molecule is O=C(c1cnc(-c2ccncc2)nn1)N1CCN(S(=O)(=O)c2nc3ccc(Cl)cc3[nH]2)CC1. The fourth-order valence-corrected chi connectivity index (χ4v) is 5.02. The van der Waals surface area contributed by atoms with Crippen LogP contribution >= 0.6 is 11.6 Å². The molecule has 0 aliphatic carbocycles. The zero-order valence-corrected chi connectivity index (χ0v) is 18.7. The number of carbonyl (C=O) groups excluding carboxylic acids is 1. The number of aromatic amines is 1. The number of halogens is 1. The van der Waals surface area contributed by atoms with Crippen LogP contribution in [0.3, 0.4) is 0 Å². The van der Waals surface area contributed by atoms with Crippen LogP contribution in [0, 0.1) is 0 Å². The second-order valence-electron chi connectivity index (χ2n) is 7.30. The fraction of sp³-hybridized carbons (Fsp3) is 0.200. The average molecular weight is 485 g/mol. The van der Waals surface area contributed by atoms with E-state index in [0.717, 1.165) is 5.56 Å². The molecule has 1 aliphatic heterocycles. The van der Waals surface area contributed by atoms with Gasteiger partial charge in [0.2, 0.25) is 5.16 Å². The van der Waals surface area contributed by atoms with E-state index in [1.807, 2.05) is 0 Å². The standard InChI is InChI=1S/C20H17ClN8O3S/c21-14-1-2-15-16(11-14)25-20(24-15)33(31,32)29-9-7-28(8-10-29)19(30)17-12-23-18(27-26-17)13-3-5-22-6-4-13/h1-6,11-12H,7-10H2,(H,24,25). The summed E-state index contributed by atoms with van der Waals surface area (Å²) in [4.78, 5) is 29.5. The third-order valence-electron chi connectivity index (χ3n) is 5.25. The minimum Gasteiger partial charge on any atom is -0.335 e. The van der Waals surface area contributed by atoms with Gasteiger partial charge in [0.25, 0.3) is 15.9 Å². The third kappa shape index (κ3) is 4.15. The molecule has 33 heavy (non-hydrogen) atoms. The number of pyridine rings is 1. The number of nitrogens with one attached hydrogen (secondary N) is 1. The summed E-state index contributed by atoms with van der Waals surface area (Å²) >= 11 is 5.97. The van der Waals surface area contributed by atoms with E-state index in [2.05, 4.69) is 30.1 Å². The van der Waals surface area contributed by atoms with Crippen molar-refractivity contribution < 1.29 is 13.2 Å². The molecule has 0 spiro atoms. The number of amides is 1. The van der Waals surface area contributed by atoms with Gasteiger partial charge in [-0.05, 0) is 30.3 Å². The Hall–Kier alpha value is -3.48. The molecule has 1 fully saturated rings. The number of hydrogen-bond acceptors (Lipinski definition) is 8. The molecule has 168 valence electrons. The Morgan fingerprint density at radius 1 is 1.03 bits per heavy atom. The summed E-state index contributed by atoms with van der Waals surface area (Å²) in [6.07, 6.45) is 4.60. The molecule has 3 aromatic heterocycles. The maximum atomic E-state index is 13.0. The van der Waals surface area contributed by atoms with Gasteiger partial charge in [-0.1, -0.05) is 11.6 Å². The Labute approximate surface area is 193 Å². The summed E-state index contributed by atoms with van der Waals surface area (Å²) in [6, 6.07) is 8.41. The van der Waals surface area contributed by atoms with Gasteiger partial charge in [-0.2, -0.15) is 4.31 Å². The molecule has 11 nitrogen and oxygen atoms in total. The number of carbonyl (C=O) groups is 1. The van der Waals surface area contributed by atoms with Crippen LogP contribution < -0.4 is 0 Å². The molecule has 1 saturated heterocycles. The molecule has 1 aromatic carbocycles. The van der Waals surface area contributed by atoms with E-state index in [1.165, 1.54) is 15.4 Å². The number of piperazine rings is 1. The van der Waals surface area contributed by atoms with Crippen molar-refractivity contribution in [3.63, 3.8) is 0 Å². The lowest BCUT2D eigenvalue weighted by Gasteiger charge is -2.33. The highest BCUT2D eigenvalue weighted by atomic mass is 35.5. The quantitative estimate of drug-likeness (QED) is 0.461. The average Bonchev–Trinajstić information content (AvgIpc) is 3.28. The third-order valence-corrected chi connectivity index (χ3v) is 7.21. The molecule has 1 aliphatic rings. The molecule has 13 heteroatoms. The summed E-state index contributed by atoms with van der Waals surface area (Å²) in [5, 5.41) is 8.34. The molecule has 4 aromatic rings. The molecule has 1 N–H and O–H groups in total. The maximum Gasteiger partial charge on any atom is 0.276 e. The summed E-state index contributed by atoms with van der Waals surface area (Å²) in [5.74, 6) is 0.0312. The molecular weight excluding hydrogens is 468 g/mol. The highest BCUT2D eigenvalue weighted by molar-refractivity contribution is 7.89. The lowest BCUT2D eigenvalue weighted by molar-refractivity contribution is 0.0690. The van der Waals surface area contributed by atoms with E-state index >= 15 is 0 Å². The molecule has 0 radical (unpaired) electrons. The summed E-state index contributed by atoms with van der Waals surface area (Å²) in [7, 11) is -3.85. The highest BCUT2D eigenvalue weighted by Crippen LogP contribution is 2.22. The number of nitrogens with zero attached hydrogens (tertiary/aromatic N) is 7. The first kappa shape index (κ1) is 21.4. The summed E-state index contributed by atoms with van der Waals surface area (Å²) in [6.45, 7) is 0.666. The molecular formula is C20H17ClN8O3S. The van der Waals surface area contributed by atoms with Crippen LogP contribution in [0.5, 0.6) is 0 Å². The van der Waals surface area contributed by atoms with Crippen LogP contribution in [0.4, 0.5) is 0 Å². The normalized spacial score (nSPS) is 15.1. The van der Waals surface area contributed by atoms with Crippen molar-refractivity contribution in [1.82, 2.24) is 39.3 Å². The predicted octanol–water partition coefficient (Wildman–Crippen LogP) is 1.61. The maximum absolute atomic E-state index is 13.0. The van der Waals surface area contributed by atoms with Crippen molar-refractivity contribution in [2.45, 2.75) is 5.16 Å². The zero-order valence-electron chi connectivity index (χ0n) is 17.1. The van der Waals surface area contributed by atoms with Gasteiger partial charge in [-0.15, -0.1) is 10.2 Å². The molecule has 1 amide bonds. The van der Waals surface area contributed by atoms with Crippen molar-refractivity contribution in [2.75, 3.05) is 26.2 Å². The van der Waals surface area contributed by atoms with E-state index in [-0.39, 0.29) is 42.9 Å². The van der Waals surface area contributed by atoms with Gasteiger partial charge in [0.15, 0.2) is 11.5 Å². The first-order valence-electron chi connectivity index (χ1n) is 9.97.